The van der Waals surface area contributed by atoms with Crippen LogP contribution in [0.5, 0.6) is 0 Å². The lowest BCUT2D eigenvalue weighted by atomic mass is 9.85. The third-order valence-corrected chi connectivity index (χ3v) is 6.03. The maximum Gasteiger partial charge on any atom is 0.255 e. The lowest BCUT2D eigenvalue weighted by Gasteiger charge is -2.36. The van der Waals surface area contributed by atoms with E-state index in [0.29, 0.717) is 50.0 Å². The topological polar surface area (TPSA) is 52.7 Å². The summed E-state index contributed by atoms with van der Waals surface area (Å²) in [5, 5.41) is 3.53. The highest BCUT2D eigenvalue weighted by molar-refractivity contribution is 6.33. The van der Waals surface area contributed by atoms with Gasteiger partial charge in [-0.1, -0.05) is 18.5 Å². The van der Waals surface area contributed by atoms with E-state index in [1.54, 1.807) is 4.90 Å². The number of carbonyl (C=O) groups excluding carboxylic acids is 2. The van der Waals surface area contributed by atoms with Crippen LogP contribution in [0.3, 0.4) is 0 Å². The van der Waals surface area contributed by atoms with E-state index in [1.807, 2.05) is 4.90 Å². The van der Waals surface area contributed by atoms with Crippen molar-refractivity contribution in [2.45, 2.75) is 26.2 Å². The first-order chi connectivity index (χ1) is 13.0. The van der Waals surface area contributed by atoms with Gasteiger partial charge >= 0.3 is 0 Å². The molecule has 1 aromatic rings. The number of hydrogen-bond donors (Lipinski definition) is 1. The summed E-state index contributed by atoms with van der Waals surface area (Å²) in [6.07, 6.45) is 2.92. The van der Waals surface area contributed by atoms with Crippen LogP contribution >= 0.6 is 11.6 Å². The van der Waals surface area contributed by atoms with Gasteiger partial charge in [0.25, 0.3) is 5.91 Å². The van der Waals surface area contributed by atoms with Crippen LogP contribution in [0.2, 0.25) is 5.02 Å². The van der Waals surface area contributed by atoms with Crippen molar-refractivity contribution in [3.05, 3.63) is 34.6 Å². The first kappa shape index (κ1) is 20.1. The molecule has 2 aliphatic heterocycles. The maximum absolute atomic E-state index is 13.2. The molecule has 2 heterocycles. The molecule has 0 radical (unpaired) electrons. The molecule has 148 valence electrons. The standard InChI is InChI=1S/C20H27ClFN3O2/c1-14(15-3-2-6-23-13-15)11-19(26)24-7-9-25(10-8-24)20(27)17-5-4-16(22)12-18(17)21/h4-5,12,14-15,23H,2-3,6-11,13H2,1H3. The Hall–Kier alpha value is -1.66. The lowest BCUT2D eigenvalue weighted by Crippen LogP contribution is -2.51. The number of nitrogens with zero attached hydrogens (tertiary/aromatic N) is 2. The summed E-state index contributed by atoms with van der Waals surface area (Å²) in [5.41, 5.74) is 0.302. The van der Waals surface area contributed by atoms with Crippen LogP contribution in [0.4, 0.5) is 4.39 Å². The summed E-state index contributed by atoms with van der Waals surface area (Å²) in [6.45, 7) is 6.22. The summed E-state index contributed by atoms with van der Waals surface area (Å²) in [6, 6.07) is 3.80. The highest BCUT2D eigenvalue weighted by atomic mass is 35.5. The van der Waals surface area contributed by atoms with Crippen molar-refractivity contribution in [3.8, 4) is 0 Å². The Morgan fingerprint density at radius 3 is 2.59 bits per heavy atom. The largest absolute Gasteiger partial charge is 0.339 e. The van der Waals surface area contributed by atoms with Gasteiger partial charge in [-0.05, 0) is 56.0 Å². The predicted molar refractivity (Wildman–Crippen MR) is 103 cm³/mol. The Morgan fingerprint density at radius 2 is 1.96 bits per heavy atom. The number of nitrogens with one attached hydrogen (secondary N) is 1. The molecule has 7 heteroatoms. The number of benzene rings is 1. The van der Waals surface area contributed by atoms with Crippen LogP contribution in [0, 0.1) is 17.7 Å². The molecule has 0 bridgehead atoms. The van der Waals surface area contributed by atoms with Gasteiger partial charge < -0.3 is 15.1 Å². The third-order valence-electron chi connectivity index (χ3n) is 5.72. The number of amides is 2. The monoisotopic (exact) mass is 395 g/mol. The molecule has 27 heavy (non-hydrogen) atoms. The average molecular weight is 396 g/mol. The highest BCUT2D eigenvalue weighted by Gasteiger charge is 2.28. The van der Waals surface area contributed by atoms with Crippen molar-refractivity contribution in [2.75, 3.05) is 39.3 Å². The quantitative estimate of drug-likeness (QED) is 0.852. The number of piperidine rings is 1. The summed E-state index contributed by atoms with van der Waals surface area (Å²) >= 11 is 6.00. The first-order valence-electron chi connectivity index (χ1n) is 9.68. The molecule has 2 aliphatic rings. The molecule has 0 aliphatic carbocycles. The fourth-order valence-corrected chi connectivity index (χ4v) is 4.18. The second-order valence-corrected chi connectivity index (χ2v) is 7.99. The van der Waals surface area contributed by atoms with Gasteiger partial charge in [0, 0.05) is 32.6 Å². The molecule has 2 unspecified atom stereocenters. The molecule has 0 saturated carbocycles. The van der Waals surface area contributed by atoms with Crippen molar-refractivity contribution >= 4 is 23.4 Å². The van der Waals surface area contributed by atoms with Gasteiger partial charge in [-0.15, -0.1) is 0 Å². The fraction of sp³-hybridized carbons (Fsp3) is 0.600. The number of rotatable bonds is 4. The molecule has 2 amide bonds. The van der Waals surface area contributed by atoms with E-state index in [9.17, 15) is 14.0 Å². The van der Waals surface area contributed by atoms with E-state index in [-0.39, 0.29) is 16.8 Å². The van der Waals surface area contributed by atoms with Crippen LogP contribution in [-0.2, 0) is 4.79 Å². The Labute approximate surface area is 164 Å². The predicted octanol–water partition coefficient (Wildman–Crippen LogP) is 2.79. The first-order valence-corrected chi connectivity index (χ1v) is 10.1. The normalized spacial score (nSPS) is 21.8. The highest BCUT2D eigenvalue weighted by Crippen LogP contribution is 2.24. The van der Waals surface area contributed by atoms with Crippen LogP contribution < -0.4 is 5.32 Å². The molecule has 3 rings (SSSR count). The molecule has 0 aromatic heterocycles. The summed E-state index contributed by atoms with van der Waals surface area (Å²) < 4.78 is 13.2. The zero-order chi connectivity index (χ0) is 19.4. The number of hydrogen-bond acceptors (Lipinski definition) is 3. The summed E-state index contributed by atoms with van der Waals surface area (Å²) in [5.74, 6) is 0.414. The van der Waals surface area contributed by atoms with Gasteiger partial charge in [-0.2, -0.15) is 0 Å². The van der Waals surface area contributed by atoms with Gasteiger partial charge in [0.1, 0.15) is 5.82 Å². The van der Waals surface area contributed by atoms with Crippen molar-refractivity contribution in [3.63, 3.8) is 0 Å². The molecular weight excluding hydrogens is 369 g/mol. The van der Waals surface area contributed by atoms with Crippen molar-refractivity contribution in [2.24, 2.45) is 11.8 Å². The van der Waals surface area contributed by atoms with Crippen molar-refractivity contribution in [1.82, 2.24) is 15.1 Å². The van der Waals surface area contributed by atoms with E-state index >= 15 is 0 Å². The van der Waals surface area contributed by atoms with Crippen LogP contribution in [0.25, 0.3) is 0 Å². The van der Waals surface area contributed by atoms with Gasteiger partial charge in [0.15, 0.2) is 0 Å². The molecule has 1 aromatic carbocycles. The van der Waals surface area contributed by atoms with E-state index in [4.69, 9.17) is 11.6 Å². The second-order valence-electron chi connectivity index (χ2n) is 7.58. The van der Waals surface area contributed by atoms with E-state index in [0.717, 1.165) is 19.2 Å². The fourth-order valence-electron chi connectivity index (χ4n) is 3.93. The maximum atomic E-state index is 13.2. The van der Waals surface area contributed by atoms with E-state index in [1.165, 1.54) is 25.0 Å². The number of piperazine rings is 1. The minimum Gasteiger partial charge on any atom is -0.339 e. The van der Waals surface area contributed by atoms with Gasteiger partial charge in [0.05, 0.1) is 10.6 Å². The summed E-state index contributed by atoms with van der Waals surface area (Å²) in [7, 11) is 0. The van der Waals surface area contributed by atoms with E-state index in [2.05, 4.69) is 12.2 Å². The molecule has 5 nitrogen and oxygen atoms in total. The molecule has 2 fully saturated rings. The van der Waals surface area contributed by atoms with Crippen LogP contribution in [0.1, 0.15) is 36.5 Å². The Kier molecular flexibility index (Phi) is 6.71. The molecule has 1 N–H and O–H groups in total. The smallest absolute Gasteiger partial charge is 0.255 e. The Morgan fingerprint density at radius 1 is 1.26 bits per heavy atom. The molecular formula is C20H27ClFN3O2. The minimum atomic E-state index is -0.464. The number of halogens is 2. The third kappa shape index (κ3) is 4.99. The molecule has 2 atom stereocenters. The zero-order valence-electron chi connectivity index (χ0n) is 15.7. The second kappa shape index (κ2) is 9.02. The van der Waals surface area contributed by atoms with Crippen LogP contribution in [-0.4, -0.2) is 60.9 Å². The lowest BCUT2D eigenvalue weighted by molar-refractivity contribution is -0.134. The SMILES string of the molecule is CC(CC(=O)N1CCN(C(=O)c2ccc(F)cc2Cl)CC1)C1CCCNC1. The minimum absolute atomic E-state index is 0.119. The van der Waals surface area contributed by atoms with Gasteiger partial charge in [-0.25, -0.2) is 4.39 Å². The molecule has 0 spiro atoms. The van der Waals surface area contributed by atoms with Crippen molar-refractivity contribution < 1.29 is 14.0 Å². The number of carbonyl (C=O) groups is 2. The molecule has 2 saturated heterocycles. The summed E-state index contributed by atoms with van der Waals surface area (Å²) in [4.78, 5) is 28.8. The van der Waals surface area contributed by atoms with Crippen LogP contribution in [0.15, 0.2) is 18.2 Å². The Balaban J connectivity index is 1.50. The average Bonchev–Trinajstić information content (AvgIpc) is 2.68. The van der Waals surface area contributed by atoms with Crippen molar-refractivity contribution in [1.29, 1.82) is 0 Å². The van der Waals surface area contributed by atoms with Gasteiger partial charge in [-0.3, -0.25) is 9.59 Å². The Bertz CT molecular complexity index is 686. The zero-order valence-corrected chi connectivity index (χ0v) is 16.5. The van der Waals surface area contributed by atoms with E-state index < -0.39 is 5.82 Å². The van der Waals surface area contributed by atoms with Gasteiger partial charge in [0.2, 0.25) is 5.91 Å².